The van der Waals surface area contributed by atoms with Crippen LogP contribution in [0.2, 0.25) is 0 Å². The van der Waals surface area contributed by atoms with Gasteiger partial charge in [-0.1, -0.05) is 30.3 Å². The van der Waals surface area contributed by atoms with Gasteiger partial charge in [0.2, 0.25) is 0 Å². The van der Waals surface area contributed by atoms with E-state index in [1.165, 1.54) is 4.31 Å². The van der Waals surface area contributed by atoms with Gasteiger partial charge in [0.1, 0.15) is 11.2 Å². The topological polar surface area (TPSA) is 105 Å². The van der Waals surface area contributed by atoms with E-state index in [0.29, 0.717) is 25.9 Å². The van der Waals surface area contributed by atoms with E-state index >= 15 is 0 Å². The molecule has 0 unspecified atom stereocenters. The zero-order chi connectivity index (χ0) is 24.7. The first-order valence-corrected chi connectivity index (χ1v) is 12.6. The van der Waals surface area contributed by atoms with E-state index in [1.807, 2.05) is 51.1 Å². The number of hydrogen-bond donors (Lipinski definition) is 1. The minimum atomic E-state index is -4.14. The maximum atomic E-state index is 13.1. The lowest BCUT2D eigenvalue weighted by atomic mass is 9.60. The van der Waals surface area contributed by atoms with Crippen molar-refractivity contribution in [2.45, 2.75) is 78.2 Å². The van der Waals surface area contributed by atoms with Crippen LogP contribution in [0, 0.1) is 5.41 Å². The summed E-state index contributed by atoms with van der Waals surface area (Å²) in [5.74, 6) is 0. The summed E-state index contributed by atoms with van der Waals surface area (Å²) < 4.78 is 40.2. The third-order valence-corrected chi connectivity index (χ3v) is 7.02. The second kappa shape index (κ2) is 8.79. The first-order valence-electron chi connectivity index (χ1n) is 11.1. The molecule has 1 spiro atoms. The minimum Gasteiger partial charge on any atom is -0.444 e. The van der Waals surface area contributed by atoms with Crippen LogP contribution in [0.4, 0.5) is 9.59 Å². The summed E-state index contributed by atoms with van der Waals surface area (Å²) in [6, 6.07) is 8.95. The SMILES string of the molecule is CC(C)(C)OC(=O)NS(=O)(=O)N(Cc1ccccc1)C1CC2(C1)CN(C(=O)OC(C)(C)C)C2. The molecule has 1 saturated carbocycles. The Kier molecular flexibility index (Phi) is 6.74. The zero-order valence-corrected chi connectivity index (χ0v) is 21.1. The van der Waals surface area contributed by atoms with Gasteiger partial charge >= 0.3 is 22.4 Å². The predicted octanol–water partition coefficient (Wildman–Crippen LogP) is 3.66. The van der Waals surface area contributed by atoms with Gasteiger partial charge in [-0.2, -0.15) is 12.7 Å². The Morgan fingerprint density at radius 1 is 1.03 bits per heavy atom. The van der Waals surface area contributed by atoms with Gasteiger partial charge in [-0.3, -0.25) is 0 Å². The molecule has 2 fully saturated rings. The van der Waals surface area contributed by atoms with Gasteiger partial charge in [0.25, 0.3) is 0 Å². The molecule has 0 bridgehead atoms. The van der Waals surface area contributed by atoms with Gasteiger partial charge < -0.3 is 14.4 Å². The van der Waals surface area contributed by atoms with Crippen LogP contribution in [0.5, 0.6) is 0 Å². The largest absolute Gasteiger partial charge is 0.444 e. The minimum absolute atomic E-state index is 0.113. The Labute approximate surface area is 196 Å². The van der Waals surface area contributed by atoms with Gasteiger partial charge in [0, 0.05) is 31.1 Å². The lowest BCUT2D eigenvalue weighted by molar-refractivity contribution is -0.0960. The third kappa shape index (κ3) is 6.60. The van der Waals surface area contributed by atoms with Gasteiger partial charge in [0.05, 0.1) is 0 Å². The van der Waals surface area contributed by atoms with Gasteiger partial charge in [-0.05, 0) is 59.9 Å². The molecule has 1 aliphatic carbocycles. The molecular formula is C23H35N3O6S. The summed E-state index contributed by atoms with van der Waals surface area (Å²) in [6.45, 7) is 11.7. The van der Waals surface area contributed by atoms with Crippen LogP contribution < -0.4 is 4.72 Å². The normalized spacial score (nSPS) is 18.5. The van der Waals surface area contributed by atoms with E-state index in [1.54, 1.807) is 25.7 Å². The maximum absolute atomic E-state index is 13.1. The molecule has 3 rings (SSSR count). The fourth-order valence-corrected chi connectivity index (χ4v) is 5.49. The van der Waals surface area contributed by atoms with E-state index in [-0.39, 0.29) is 24.1 Å². The van der Waals surface area contributed by atoms with Crippen molar-refractivity contribution >= 4 is 22.4 Å². The van der Waals surface area contributed by atoms with Gasteiger partial charge in [-0.15, -0.1) is 0 Å². The van der Waals surface area contributed by atoms with Crippen molar-refractivity contribution in [1.29, 1.82) is 0 Å². The molecule has 9 nitrogen and oxygen atoms in total. The molecule has 0 radical (unpaired) electrons. The number of nitrogens with zero attached hydrogens (tertiary/aromatic N) is 2. The molecular weight excluding hydrogens is 446 g/mol. The van der Waals surface area contributed by atoms with E-state index in [4.69, 9.17) is 9.47 Å². The molecule has 33 heavy (non-hydrogen) atoms. The van der Waals surface area contributed by atoms with Crippen LogP contribution in [0.1, 0.15) is 59.9 Å². The highest BCUT2D eigenvalue weighted by Crippen LogP contribution is 2.51. The molecule has 1 aromatic carbocycles. The number of hydrogen-bond acceptors (Lipinski definition) is 6. The molecule has 0 atom stereocenters. The maximum Gasteiger partial charge on any atom is 0.422 e. The molecule has 10 heteroatoms. The molecule has 1 saturated heterocycles. The first kappa shape index (κ1) is 25.3. The van der Waals surface area contributed by atoms with Gasteiger partial charge in [0.15, 0.2) is 0 Å². The highest BCUT2D eigenvalue weighted by molar-refractivity contribution is 7.87. The highest BCUT2D eigenvalue weighted by atomic mass is 32.2. The van der Waals surface area contributed by atoms with E-state index in [0.717, 1.165) is 5.56 Å². The standard InChI is InChI=1S/C23H35N3O6S/c1-21(2,3)31-19(27)24-33(29,30)26(14-17-10-8-7-9-11-17)18-12-23(13-18)15-25(16-23)20(28)32-22(4,5)6/h7-11,18H,12-16H2,1-6H3,(H,24,27). The summed E-state index contributed by atoms with van der Waals surface area (Å²) in [6.07, 6.45) is -0.144. The fourth-order valence-electron chi connectivity index (χ4n) is 4.26. The number of ether oxygens (including phenoxy) is 2. The fraction of sp³-hybridized carbons (Fsp3) is 0.652. The van der Waals surface area contributed by atoms with Crippen molar-refractivity contribution < 1.29 is 27.5 Å². The Morgan fingerprint density at radius 3 is 2.09 bits per heavy atom. The van der Waals surface area contributed by atoms with E-state index < -0.39 is 27.5 Å². The number of likely N-dealkylation sites (tertiary alicyclic amines) is 1. The highest BCUT2D eigenvalue weighted by Gasteiger charge is 2.57. The zero-order valence-electron chi connectivity index (χ0n) is 20.3. The van der Waals surface area contributed by atoms with Crippen LogP contribution in [0.3, 0.4) is 0 Å². The van der Waals surface area contributed by atoms with Crippen LogP contribution in [0.15, 0.2) is 30.3 Å². The van der Waals surface area contributed by atoms with Gasteiger partial charge in [-0.25, -0.2) is 14.3 Å². The molecule has 1 heterocycles. The summed E-state index contributed by atoms with van der Waals surface area (Å²) in [4.78, 5) is 26.1. The average Bonchev–Trinajstić information content (AvgIpc) is 2.55. The van der Waals surface area contributed by atoms with Crippen LogP contribution in [-0.2, 0) is 26.2 Å². The quantitative estimate of drug-likeness (QED) is 0.688. The van der Waals surface area contributed by atoms with Crippen LogP contribution >= 0.6 is 0 Å². The second-order valence-corrected chi connectivity index (χ2v) is 12.7. The Balaban J connectivity index is 1.67. The number of benzene rings is 1. The smallest absolute Gasteiger partial charge is 0.422 e. The van der Waals surface area contributed by atoms with Crippen molar-refractivity contribution in [2.24, 2.45) is 5.41 Å². The summed E-state index contributed by atoms with van der Waals surface area (Å²) in [7, 11) is -4.14. The van der Waals surface area contributed by atoms with Crippen molar-refractivity contribution in [3.63, 3.8) is 0 Å². The van der Waals surface area contributed by atoms with E-state index in [2.05, 4.69) is 4.72 Å². The van der Waals surface area contributed by atoms with Crippen molar-refractivity contribution in [3.05, 3.63) is 35.9 Å². The first-order chi connectivity index (χ1) is 15.1. The lowest BCUT2D eigenvalue weighted by Gasteiger charge is -2.60. The Hall–Kier alpha value is -2.33. The van der Waals surface area contributed by atoms with Crippen molar-refractivity contribution in [2.75, 3.05) is 13.1 Å². The number of nitrogens with one attached hydrogen (secondary N) is 1. The van der Waals surface area contributed by atoms with Crippen LogP contribution in [0.25, 0.3) is 0 Å². The molecule has 0 aromatic heterocycles. The van der Waals surface area contributed by atoms with Crippen molar-refractivity contribution in [3.8, 4) is 0 Å². The van der Waals surface area contributed by atoms with Crippen LogP contribution in [-0.4, -0.2) is 60.1 Å². The average molecular weight is 482 g/mol. The number of carbonyl (C=O) groups is 2. The summed E-state index contributed by atoms with van der Waals surface area (Å²) >= 11 is 0. The molecule has 184 valence electrons. The summed E-state index contributed by atoms with van der Waals surface area (Å²) in [5, 5.41) is 0. The molecule has 2 amide bonds. The number of amides is 2. The lowest BCUT2D eigenvalue weighted by Crippen LogP contribution is -2.68. The molecule has 1 aromatic rings. The second-order valence-electron chi connectivity index (χ2n) is 11.0. The van der Waals surface area contributed by atoms with E-state index in [9.17, 15) is 18.0 Å². The Morgan fingerprint density at radius 2 is 1.58 bits per heavy atom. The molecule has 1 aliphatic heterocycles. The molecule has 2 aliphatic rings. The van der Waals surface area contributed by atoms with Crippen molar-refractivity contribution in [1.82, 2.24) is 13.9 Å². The monoisotopic (exact) mass is 481 g/mol. The summed E-state index contributed by atoms with van der Waals surface area (Å²) in [5.41, 5.74) is -0.674. The number of rotatable bonds is 5. The Bertz CT molecular complexity index is 968. The molecule has 1 N–H and O–H groups in total. The predicted molar refractivity (Wildman–Crippen MR) is 124 cm³/mol. The number of carbonyl (C=O) groups excluding carboxylic acids is 2. The third-order valence-electron chi connectivity index (χ3n) is 5.55.